The number of thiazole rings is 1. The molecule has 8 heteroatoms. The second kappa shape index (κ2) is 8.80. The van der Waals surface area contributed by atoms with Crippen molar-refractivity contribution < 1.29 is 4.79 Å². The number of hydrogen-bond acceptors (Lipinski definition) is 3. The van der Waals surface area contributed by atoms with Crippen LogP contribution in [0.2, 0.25) is 20.1 Å². The molecule has 0 fully saturated rings. The Morgan fingerprint density at radius 3 is 2.48 bits per heavy atom. The molecule has 0 aliphatic rings. The lowest BCUT2D eigenvalue weighted by molar-refractivity contribution is 0.102. The summed E-state index contributed by atoms with van der Waals surface area (Å²) >= 11 is 25.6. The van der Waals surface area contributed by atoms with Crippen molar-refractivity contribution in [2.75, 3.05) is 5.32 Å². The molecule has 0 saturated carbocycles. The number of hydrogen-bond donors (Lipinski definition) is 1. The molecule has 0 spiro atoms. The van der Waals surface area contributed by atoms with E-state index in [1.807, 2.05) is 6.07 Å². The first-order valence-electron chi connectivity index (χ1n) is 8.10. The van der Waals surface area contributed by atoms with Gasteiger partial charge < -0.3 is 0 Å². The lowest BCUT2D eigenvalue weighted by atomic mass is 10.1. The van der Waals surface area contributed by atoms with Gasteiger partial charge in [-0.15, -0.1) is 11.3 Å². The van der Waals surface area contributed by atoms with Crippen LogP contribution in [0.25, 0.3) is 11.3 Å². The number of aryl methyl sites for hydroxylation is 1. The number of carbonyl (C=O) groups excluding carboxylic acids is 1. The topological polar surface area (TPSA) is 42.0 Å². The molecule has 0 radical (unpaired) electrons. The van der Waals surface area contributed by atoms with E-state index in [4.69, 9.17) is 46.4 Å². The molecule has 1 amide bonds. The normalized spacial score (nSPS) is 10.9. The van der Waals surface area contributed by atoms with Crippen molar-refractivity contribution in [3.8, 4) is 11.3 Å². The largest absolute Gasteiger partial charge is 0.298 e. The van der Waals surface area contributed by atoms with E-state index in [0.717, 1.165) is 29.0 Å². The predicted octanol–water partition coefficient (Wildman–Crippen LogP) is 7.63. The lowest BCUT2D eigenvalue weighted by Gasteiger charge is -2.04. The van der Waals surface area contributed by atoms with Crippen LogP contribution in [0.4, 0.5) is 5.13 Å². The number of carbonyl (C=O) groups is 1. The van der Waals surface area contributed by atoms with E-state index in [0.29, 0.717) is 25.8 Å². The fourth-order valence-electron chi connectivity index (χ4n) is 2.51. The smallest absolute Gasteiger partial charge is 0.258 e. The zero-order valence-electron chi connectivity index (χ0n) is 14.2. The minimum atomic E-state index is -0.339. The van der Waals surface area contributed by atoms with Crippen molar-refractivity contribution in [3.63, 3.8) is 0 Å². The number of benzene rings is 2. The van der Waals surface area contributed by atoms with Gasteiger partial charge in [-0.3, -0.25) is 10.1 Å². The number of halogens is 4. The number of amides is 1. The standard InChI is InChI=1S/C19H14Cl4N2OS/c1-2-3-16-17(10-4-7-13(21)15(23)8-10)24-19(27-16)25-18(26)12-6-5-11(20)9-14(12)22/h4-9H,2-3H2,1H3,(H,24,25,26). The fourth-order valence-corrected chi connectivity index (χ4v) is 4.38. The highest BCUT2D eigenvalue weighted by atomic mass is 35.5. The maximum absolute atomic E-state index is 12.5. The predicted molar refractivity (Wildman–Crippen MR) is 116 cm³/mol. The number of nitrogens with one attached hydrogen (secondary N) is 1. The molecule has 1 heterocycles. The summed E-state index contributed by atoms with van der Waals surface area (Å²) in [6, 6.07) is 10.1. The molecule has 3 nitrogen and oxygen atoms in total. The molecular weight excluding hydrogens is 446 g/mol. The van der Waals surface area contributed by atoms with Crippen molar-refractivity contribution in [3.05, 3.63) is 66.9 Å². The highest BCUT2D eigenvalue weighted by Crippen LogP contribution is 2.35. The molecule has 1 N–H and O–H groups in total. The number of nitrogens with zero attached hydrogens (tertiary/aromatic N) is 1. The summed E-state index contributed by atoms with van der Waals surface area (Å²) in [4.78, 5) is 18.2. The van der Waals surface area contributed by atoms with Crippen LogP contribution < -0.4 is 5.32 Å². The zero-order chi connectivity index (χ0) is 19.6. The molecule has 0 aliphatic carbocycles. The minimum Gasteiger partial charge on any atom is -0.298 e. The van der Waals surface area contributed by atoms with Crippen molar-refractivity contribution in [1.82, 2.24) is 4.98 Å². The van der Waals surface area contributed by atoms with E-state index >= 15 is 0 Å². The fraction of sp³-hybridized carbons (Fsp3) is 0.158. The van der Waals surface area contributed by atoms with Crippen LogP contribution in [0, 0.1) is 0 Å². The lowest BCUT2D eigenvalue weighted by Crippen LogP contribution is -2.12. The van der Waals surface area contributed by atoms with E-state index in [-0.39, 0.29) is 10.9 Å². The van der Waals surface area contributed by atoms with Gasteiger partial charge in [0.1, 0.15) is 0 Å². The summed E-state index contributed by atoms with van der Waals surface area (Å²) in [6.45, 7) is 2.09. The van der Waals surface area contributed by atoms with Gasteiger partial charge in [-0.2, -0.15) is 0 Å². The van der Waals surface area contributed by atoms with Crippen LogP contribution in [0.1, 0.15) is 28.6 Å². The Labute approximate surface area is 181 Å². The molecule has 140 valence electrons. The van der Waals surface area contributed by atoms with Gasteiger partial charge in [0.15, 0.2) is 5.13 Å². The summed E-state index contributed by atoms with van der Waals surface area (Å²) in [5.41, 5.74) is 1.98. The summed E-state index contributed by atoms with van der Waals surface area (Å²) in [5.74, 6) is -0.339. The van der Waals surface area contributed by atoms with Gasteiger partial charge in [0, 0.05) is 15.5 Å². The van der Waals surface area contributed by atoms with Gasteiger partial charge in [0.2, 0.25) is 0 Å². The van der Waals surface area contributed by atoms with Crippen LogP contribution in [-0.2, 0) is 6.42 Å². The van der Waals surface area contributed by atoms with Gasteiger partial charge in [0.25, 0.3) is 5.91 Å². The first-order valence-corrected chi connectivity index (χ1v) is 10.4. The highest BCUT2D eigenvalue weighted by molar-refractivity contribution is 7.16. The van der Waals surface area contributed by atoms with Gasteiger partial charge in [-0.1, -0.05) is 65.8 Å². The van der Waals surface area contributed by atoms with Crippen molar-refractivity contribution in [2.24, 2.45) is 0 Å². The molecule has 0 unspecified atom stereocenters. The van der Waals surface area contributed by atoms with E-state index in [1.54, 1.807) is 24.3 Å². The van der Waals surface area contributed by atoms with Gasteiger partial charge in [-0.25, -0.2) is 4.98 Å². The van der Waals surface area contributed by atoms with E-state index in [1.165, 1.54) is 17.4 Å². The van der Waals surface area contributed by atoms with Crippen LogP contribution in [0.5, 0.6) is 0 Å². The van der Waals surface area contributed by atoms with Crippen LogP contribution >= 0.6 is 57.7 Å². The minimum absolute atomic E-state index is 0.287. The zero-order valence-corrected chi connectivity index (χ0v) is 18.0. The average molecular weight is 460 g/mol. The molecule has 3 rings (SSSR count). The Morgan fingerprint density at radius 2 is 1.81 bits per heavy atom. The Morgan fingerprint density at radius 1 is 1.04 bits per heavy atom. The number of aromatic nitrogens is 1. The maximum atomic E-state index is 12.5. The highest BCUT2D eigenvalue weighted by Gasteiger charge is 2.17. The molecule has 0 bridgehead atoms. The molecular formula is C19H14Cl4N2OS. The van der Waals surface area contributed by atoms with Crippen LogP contribution in [-0.4, -0.2) is 10.9 Å². The summed E-state index contributed by atoms with van der Waals surface area (Å²) in [6.07, 6.45) is 1.79. The molecule has 0 saturated heterocycles. The Kier molecular flexibility index (Phi) is 6.66. The van der Waals surface area contributed by atoms with Crippen molar-refractivity contribution in [2.45, 2.75) is 19.8 Å². The molecule has 1 aromatic heterocycles. The Balaban J connectivity index is 1.92. The van der Waals surface area contributed by atoms with E-state index < -0.39 is 0 Å². The third-order valence-corrected chi connectivity index (χ3v) is 6.08. The Hall–Kier alpha value is -1.30. The molecule has 0 aliphatic heterocycles. The van der Waals surface area contributed by atoms with Crippen LogP contribution in [0.15, 0.2) is 36.4 Å². The monoisotopic (exact) mass is 458 g/mol. The van der Waals surface area contributed by atoms with Gasteiger partial charge >= 0.3 is 0 Å². The maximum Gasteiger partial charge on any atom is 0.258 e. The van der Waals surface area contributed by atoms with Crippen molar-refractivity contribution >= 4 is 68.8 Å². The second-order valence-electron chi connectivity index (χ2n) is 5.75. The molecule has 3 aromatic rings. The average Bonchev–Trinajstić information content (AvgIpc) is 3.00. The summed E-state index contributed by atoms with van der Waals surface area (Å²) in [7, 11) is 0. The number of rotatable bonds is 5. The first kappa shape index (κ1) is 20.4. The molecule has 2 aromatic carbocycles. The SMILES string of the molecule is CCCc1sc(NC(=O)c2ccc(Cl)cc2Cl)nc1-c1ccc(Cl)c(Cl)c1. The third-order valence-electron chi connectivity index (χ3n) is 3.76. The van der Waals surface area contributed by atoms with Crippen molar-refractivity contribution in [1.29, 1.82) is 0 Å². The van der Waals surface area contributed by atoms with E-state index in [9.17, 15) is 4.79 Å². The summed E-state index contributed by atoms with van der Waals surface area (Å²) < 4.78 is 0. The number of anilines is 1. The van der Waals surface area contributed by atoms with Gasteiger partial charge in [-0.05, 0) is 36.8 Å². The second-order valence-corrected chi connectivity index (χ2v) is 8.49. The Bertz CT molecular complexity index is 1000. The quantitative estimate of drug-likeness (QED) is 0.426. The molecule has 27 heavy (non-hydrogen) atoms. The third kappa shape index (κ3) is 4.76. The summed E-state index contributed by atoms with van der Waals surface area (Å²) in [5, 5.41) is 5.01. The first-order chi connectivity index (χ1) is 12.9. The van der Waals surface area contributed by atoms with Gasteiger partial charge in [0.05, 0.1) is 26.3 Å². The van der Waals surface area contributed by atoms with Crippen LogP contribution in [0.3, 0.4) is 0 Å². The van der Waals surface area contributed by atoms with E-state index in [2.05, 4.69) is 17.2 Å². The molecule has 0 atom stereocenters.